The first-order valence-electron chi connectivity index (χ1n) is 6.77. The van der Waals surface area contributed by atoms with Gasteiger partial charge in [-0.3, -0.25) is 9.59 Å². The van der Waals surface area contributed by atoms with Gasteiger partial charge >= 0.3 is 5.97 Å². The van der Waals surface area contributed by atoms with Gasteiger partial charge in [0.15, 0.2) is 0 Å². The summed E-state index contributed by atoms with van der Waals surface area (Å²) in [6, 6.07) is 0. The number of hydrogen-bond donors (Lipinski definition) is 2. The van der Waals surface area contributed by atoms with E-state index in [1.54, 1.807) is 0 Å². The average Bonchev–Trinajstić information content (AvgIpc) is 2.26. The predicted molar refractivity (Wildman–Crippen MR) is 70.2 cm³/mol. The highest BCUT2D eigenvalue weighted by Crippen LogP contribution is 2.40. The number of aliphatic carboxylic acids is 1. The van der Waals surface area contributed by atoms with E-state index >= 15 is 0 Å². The van der Waals surface area contributed by atoms with E-state index in [4.69, 9.17) is 5.11 Å². The Morgan fingerprint density at radius 1 is 1.17 bits per heavy atom. The van der Waals surface area contributed by atoms with Gasteiger partial charge < -0.3 is 10.4 Å². The molecule has 0 atom stereocenters. The Morgan fingerprint density at radius 2 is 1.72 bits per heavy atom. The highest BCUT2D eigenvalue weighted by atomic mass is 16.4. The molecule has 0 aromatic heterocycles. The van der Waals surface area contributed by atoms with Crippen LogP contribution in [0.2, 0.25) is 0 Å². The number of carboxylic acids is 1. The third-order valence-electron chi connectivity index (χ3n) is 3.98. The fourth-order valence-electron chi connectivity index (χ4n) is 2.74. The maximum absolute atomic E-state index is 11.5. The van der Waals surface area contributed by atoms with Crippen LogP contribution in [0.1, 0.15) is 52.9 Å². The molecule has 0 aromatic carbocycles. The van der Waals surface area contributed by atoms with E-state index in [1.807, 2.05) is 0 Å². The van der Waals surface area contributed by atoms with Crippen molar-refractivity contribution in [1.82, 2.24) is 5.32 Å². The SMILES string of the molecule is CC(C)(C)C1CCC(CC(=O)NCC(=O)O)CC1. The van der Waals surface area contributed by atoms with Gasteiger partial charge in [-0.25, -0.2) is 0 Å². The van der Waals surface area contributed by atoms with Crippen LogP contribution in [-0.2, 0) is 9.59 Å². The van der Waals surface area contributed by atoms with E-state index < -0.39 is 5.97 Å². The molecule has 0 saturated heterocycles. The van der Waals surface area contributed by atoms with Crippen LogP contribution in [0.15, 0.2) is 0 Å². The maximum Gasteiger partial charge on any atom is 0.322 e. The third-order valence-corrected chi connectivity index (χ3v) is 3.98. The topological polar surface area (TPSA) is 66.4 Å². The molecule has 0 radical (unpaired) electrons. The molecule has 1 amide bonds. The van der Waals surface area contributed by atoms with Gasteiger partial charge in [0.1, 0.15) is 6.54 Å². The van der Waals surface area contributed by atoms with Crippen molar-refractivity contribution < 1.29 is 14.7 Å². The van der Waals surface area contributed by atoms with Gasteiger partial charge in [-0.05, 0) is 42.9 Å². The fraction of sp³-hybridized carbons (Fsp3) is 0.857. The zero-order valence-electron chi connectivity index (χ0n) is 11.7. The van der Waals surface area contributed by atoms with Crippen molar-refractivity contribution >= 4 is 11.9 Å². The van der Waals surface area contributed by atoms with Crippen LogP contribution in [0.5, 0.6) is 0 Å². The molecule has 104 valence electrons. The summed E-state index contributed by atoms with van der Waals surface area (Å²) in [7, 11) is 0. The Hall–Kier alpha value is -1.06. The second-order valence-corrected chi connectivity index (χ2v) is 6.46. The molecule has 2 N–H and O–H groups in total. The summed E-state index contributed by atoms with van der Waals surface area (Å²) in [5.74, 6) is 0.0598. The molecule has 4 nitrogen and oxygen atoms in total. The van der Waals surface area contributed by atoms with E-state index in [1.165, 1.54) is 12.8 Å². The summed E-state index contributed by atoms with van der Waals surface area (Å²) in [5.41, 5.74) is 0.358. The van der Waals surface area contributed by atoms with E-state index in [2.05, 4.69) is 26.1 Å². The molecule has 0 aromatic rings. The summed E-state index contributed by atoms with van der Waals surface area (Å²) in [6.07, 6.45) is 5.01. The van der Waals surface area contributed by atoms with Gasteiger partial charge in [0, 0.05) is 6.42 Å². The number of hydrogen-bond acceptors (Lipinski definition) is 2. The molecular weight excluding hydrogens is 230 g/mol. The molecular formula is C14H25NO3. The van der Waals surface area contributed by atoms with Gasteiger partial charge in [0.2, 0.25) is 5.91 Å². The van der Waals surface area contributed by atoms with Crippen LogP contribution in [0.25, 0.3) is 0 Å². The van der Waals surface area contributed by atoms with Gasteiger partial charge in [0.05, 0.1) is 0 Å². The molecule has 1 aliphatic carbocycles. The summed E-state index contributed by atoms with van der Waals surface area (Å²) < 4.78 is 0. The van der Waals surface area contributed by atoms with Gasteiger partial charge in [-0.2, -0.15) is 0 Å². The van der Waals surface area contributed by atoms with Crippen LogP contribution in [0.3, 0.4) is 0 Å². The molecule has 0 bridgehead atoms. The van der Waals surface area contributed by atoms with Gasteiger partial charge in [-0.1, -0.05) is 20.8 Å². The van der Waals surface area contributed by atoms with Crippen molar-refractivity contribution in [2.75, 3.05) is 6.54 Å². The Morgan fingerprint density at radius 3 is 2.17 bits per heavy atom. The van der Waals surface area contributed by atoms with Crippen LogP contribution in [0, 0.1) is 17.3 Å². The lowest BCUT2D eigenvalue weighted by Gasteiger charge is -2.36. The summed E-state index contributed by atoms with van der Waals surface area (Å²) in [5, 5.41) is 10.9. The van der Waals surface area contributed by atoms with Crippen molar-refractivity contribution in [2.45, 2.75) is 52.9 Å². The molecule has 0 aliphatic heterocycles. The number of rotatable bonds is 4. The number of carbonyl (C=O) groups is 2. The Labute approximate surface area is 109 Å². The molecule has 0 unspecified atom stereocenters. The lowest BCUT2D eigenvalue weighted by molar-refractivity contribution is -0.138. The molecule has 0 heterocycles. The normalized spacial score (nSPS) is 24.6. The van der Waals surface area contributed by atoms with E-state index in [0.29, 0.717) is 17.8 Å². The Balaban J connectivity index is 2.27. The summed E-state index contributed by atoms with van der Waals surface area (Å²) >= 11 is 0. The number of carboxylic acid groups (broad SMARTS) is 1. The molecule has 18 heavy (non-hydrogen) atoms. The van der Waals surface area contributed by atoms with Gasteiger partial charge in [-0.15, -0.1) is 0 Å². The highest BCUT2D eigenvalue weighted by molar-refractivity contribution is 5.81. The quantitative estimate of drug-likeness (QED) is 0.810. The second-order valence-electron chi connectivity index (χ2n) is 6.46. The predicted octanol–water partition coefficient (Wildman–Crippen LogP) is 2.43. The van der Waals surface area contributed by atoms with Crippen molar-refractivity contribution in [1.29, 1.82) is 0 Å². The van der Waals surface area contributed by atoms with Gasteiger partial charge in [0.25, 0.3) is 0 Å². The molecule has 1 saturated carbocycles. The molecule has 1 fully saturated rings. The smallest absolute Gasteiger partial charge is 0.322 e. The van der Waals surface area contributed by atoms with E-state index in [9.17, 15) is 9.59 Å². The first-order valence-corrected chi connectivity index (χ1v) is 6.77. The van der Waals surface area contributed by atoms with Crippen molar-refractivity contribution in [2.24, 2.45) is 17.3 Å². The first kappa shape index (κ1) is 15.0. The lowest BCUT2D eigenvalue weighted by Crippen LogP contribution is -2.32. The zero-order chi connectivity index (χ0) is 13.8. The minimum absolute atomic E-state index is 0.128. The highest BCUT2D eigenvalue weighted by Gasteiger charge is 2.30. The van der Waals surface area contributed by atoms with Crippen LogP contribution >= 0.6 is 0 Å². The molecule has 1 rings (SSSR count). The molecule has 1 aliphatic rings. The third kappa shape index (κ3) is 5.07. The largest absolute Gasteiger partial charge is 0.480 e. The minimum Gasteiger partial charge on any atom is -0.480 e. The fourth-order valence-corrected chi connectivity index (χ4v) is 2.74. The monoisotopic (exact) mass is 255 g/mol. The number of amides is 1. The Bertz CT molecular complexity index is 299. The Kier molecular flexibility index (Phi) is 5.17. The van der Waals surface area contributed by atoms with Crippen LogP contribution < -0.4 is 5.32 Å². The average molecular weight is 255 g/mol. The number of nitrogens with one attached hydrogen (secondary N) is 1. The van der Waals surface area contributed by atoms with E-state index in [0.717, 1.165) is 18.8 Å². The minimum atomic E-state index is -0.986. The van der Waals surface area contributed by atoms with Crippen molar-refractivity contribution in [3.8, 4) is 0 Å². The standard InChI is InChI=1S/C14H25NO3/c1-14(2,3)11-6-4-10(5-7-11)8-12(16)15-9-13(17)18/h10-11H,4-9H2,1-3H3,(H,15,16)(H,17,18). The zero-order valence-corrected chi connectivity index (χ0v) is 11.7. The number of carbonyl (C=O) groups excluding carboxylic acids is 1. The van der Waals surface area contributed by atoms with Crippen LogP contribution in [-0.4, -0.2) is 23.5 Å². The lowest BCUT2D eigenvalue weighted by atomic mass is 9.69. The van der Waals surface area contributed by atoms with Crippen molar-refractivity contribution in [3.63, 3.8) is 0 Å². The van der Waals surface area contributed by atoms with E-state index in [-0.39, 0.29) is 12.5 Å². The summed E-state index contributed by atoms with van der Waals surface area (Å²) in [4.78, 5) is 21.9. The molecule has 0 spiro atoms. The van der Waals surface area contributed by atoms with Crippen molar-refractivity contribution in [3.05, 3.63) is 0 Å². The van der Waals surface area contributed by atoms with Crippen LogP contribution in [0.4, 0.5) is 0 Å². The maximum atomic E-state index is 11.5. The molecule has 4 heteroatoms. The second kappa shape index (κ2) is 6.21. The summed E-state index contributed by atoms with van der Waals surface area (Å²) in [6.45, 7) is 6.56. The first-order chi connectivity index (χ1) is 8.29.